The Morgan fingerprint density at radius 1 is 1.62 bits per heavy atom. The molecule has 1 saturated heterocycles. The molecule has 0 aromatic heterocycles. The van der Waals surface area contributed by atoms with Crippen LogP contribution in [0, 0.1) is 0 Å². The highest BCUT2D eigenvalue weighted by molar-refractivity contribution is 5.76. The molecule has 94 valence electrons. The summed E-state index contributed by atoms with van der Waals surface area (Å²) in [5.74, 6) is 0.0819. The molecule has 0 bridgehead atoms. The Morgan fingerprint density at radius 2 is 2.44 bits per heavy atom. The Hall–Kier alpha value is -0.610. The smallest absolute Gasteiger partial charge is 0.222 e. The van der Waals surface area contributed by atoms with Gasteiger partial charge in [0.15, 0.2) is 0 Å². The molecule has 1 aliphatic rings. The number of nitrogens with two attached hydrogens (primary N) is 1. The Morgan fingerprint density at radius 3 is 3.00 bits per heavy atom. The SMILES string of the molecule is CCCCC(CN)NC(=O)CC1CCCO1. The highest BCUT2D eigenvalue weighted by Crippen LogP contribution is 2.15. The van der Waals surface area contributed by atoms with Crippen molar-refractivity contribution in [1.82, 2.24) is 5.32 Å². The third-order valence-corrected chi connectivity index (χ3v) is 2.99. The summed E-state index contributed by atoms with van der Waals surface area (Å²) in [6.07, 6.45) is 5.93. The maximum atomic E-state index is 11.7. The van der Waals surface area contributed by atoms with Gasteiger partial charge in [0.1, 0.15) is 0 Å². The zero-order chi connectivity index (χ0) is 11.8. The molecule has 0 radical (unpaired) electrons. The van der Waals surface area contributed by atoms with Crippen molar-refractivity contribution in [2.45, 2.75) is 57.6 Å². The summed E-state index contributed by atoms with van der Waals surface area (Å²) in [6, 6.07) is 0.133. The second kappa shape index (κ2) is 7.63. The van der Waals surface area contributed by atoms with E-state index in [1.165, 1.54) is 0 Å². The number of ether oxygens (including phenoxy) is 1. The molecular weight excluding hydrogens is 204 g/mol. The lowest BCUT2D eigenvalue weighted by Gasteiger charge is -2.17. The van der Waals surface area contributed by atoms with Crippen LogP contribution in [0.4, 0.5) is 0 Å². The number of unbranched alkanes of at least 4 members (excludes halogenated alkanes) is 1. The van der Waals surface area contributed by atoms with E-state index in [4.69, 9.17) is 10.5 Å². The van der Waals surface area contributed by atoms with Gasteiger partial charge in [0.05, 0.1) is 12.5 Å². The van der Waals surface area contributed by atoms with Gasteiger partial charge in [-0.25, -0.2) is 0 Å². The number of carbonyl (C=O) groups excluding carboxylic acids is 1. The number of nitrogens with one attached hydrogen (secondary N) is 1. The molecule has 0 aliphatic carbocycles. The summed E-state index contributed by atoms with van der Waals surface area (Å²) >= 11 is 0. The minimum absolute atomic E-state index is 0.0819. The Labute approximate surface area is 97.9 Å². The molecule has 4 heteroatoms. The maximum Gasteiger partial charge on any atom is 0.222 e. The Bertz CT molecular complexity index is 203. The summed E-state index contributed by atoms with van der Waals surface area (Å²) in [7, 11) is 0. The minimum atomic E-state index is 0.0819. The fourth-order valence-electron chi connectivity index (χ4n) is 2.00. The molecule has 3 N–H and O–H groups in total. The second-order valence-corrected chi connectivity index (χ2v) is 4.48. The van der Waals surface area contributed by atoms with E-state index in [1.807, 2.05) is 0 Å². The van der Waals surface area contributed by atoms with Crippen LogP contribution in [0.2, 0.25) is 0 Å². The Kier molecular flexibility index (Phi) is 6.42. The van der Waals surface area contributed by atoms with Crippen molar-refractivity contribution in [1.29, 1.82) is 0 Å². The molecule has 16 heavy (non-hydrogen) atoms. The highest BCUT2D eigenvalue weighted by Gasteiger charge is 2.20. The van der Waals surface area contributed by atoms with E-state index in [1.54, 1.807) is 0 Å². The fraction of sp³-hybridized carbons (Fsp3) is 0.917. The van der Waals surface area contributed by atoms with E-state index < -0.39 is 0 Å². The molecule has 4 nitrogen and oxygen atoms in total. The van der Waals surface area contributed by atoms with Crippen molar-refractivity contribution < 1.29 is 9.53 Å². The summed E-state index contributed by atoms with van der Waals surface area (Å²) in [6.45, 7) is 3.47. The summed E-state index contributed by atoms with van der Waals surface area (Å²) in [4.78, 5) is 11.7. The zero-order valence-electron chi connectivity index (χ0n) is 10.2. The van der Waals surface area contributed by atoms with Crippen molar-refractivity contribution in [2.75, 3.05) is 13.2 Å². The van der Waals surface area contributed by atoms with Gasteiger partial charge >= 0.3 is 0 Å². The molecule has 2 unspecified atom stereocenters. The predicted octanol–water partition coefficient (Wildman–Crippen LogP) is 1.19. The van der Waals surface area contributed by atoms with Crippen LogP contribution in [-0.2, 0) is 9.53 Å². The summed E-state index contributed by atoms with van der Waals surface area (Å²) in [5.41, 5.74) is 5.62. The fourth-order valence-corrected chi connectivity index (χ4v) is 2.00. The monoisotopic (exact) mass is 228 g/mol. The van der Waals surface area contributed by atoms with Crippen molar-refractivity contribution in [3.8, 4) is 0 Å². The first-order valence-electron chi connectivity index (χ1n) is 6.37. The first kappa shape index (κ1) is 13.5. The maximum absolute atomic E-state index is 11.7. The van der Waals surface area contributed by atoms with Crippen molar-refractivity contribution in [2.24, 2.45) is 5.73 Å². The van der Waals surface area contributed by atoms with Crippen molar-refractivity contribution >= 4 is 5.91 Å². The number of carbonyl (C=O) groups is 1. The van der Waals surface area contributed by atoms with Gasteiger partial charge in [0.25, 0.3) is 0 Å². The van der Waals surface area contributed by atoms with Gasteiger partial charge < -0.3 is 15.8 Å². The van der Waals surface area contributed by atoms with Crippen LogP contribution in [0.25, 0.3) is 0 Å². The molecule has 1 rings (SSSR count). The topological polar surface area (TPSA) is 64.3 Å². The number of hydrogen-bond donors (Lipinski definition) is 2. The quantitative estimate of drug-likeness (QED) is 0.688. The van der Waals surface area contributed by atoms with E-state index in [0.29, 0.717) is 13.0 Å². The van der Waals surface area contributed by atoms with Crippen LogP contribution < -0.4 is 11.1 Å². The van der Waals surface area contributed by atoms with Crippen molar-refractivity contribution in [3.63, 3.8) is 0 Å². The first-order valence-corrected chi connectivity index (χ1v) is 6.37. The zero-order valence-corrected chi connectivity index (χ0v) is 10.2. The molecule has 1 fully saturated rings. The normalized spacial score (nSPS) is 22.0. The minimum Gasteiger partial charge on any atom is -0.378 e. The lowest BCUT2D eigenvalue weighted by Crippen LogP contribution is -2.41. The predicted molar refractivity (Wildman–Crippen MR) is 64.1 cm³/mol. The van der Waals surface area contributed by atoms with Gasteiger partial charge in [-0.05, 0) is 19.3 Å². The summed E-state index contributed by atoms with van der Waals surface area (Å²) < 4.78 is 5.43. The standard InChI is InChI=1S/C12H24N2O2/c1-2-3-5-10(9-13)14-12(15)8-11-6-4-7-16-11/h10-11H,2-9,13H2,1H3,(H,14,15). The lowest BCUT2D eigenvalue weighted by molar-refractivity contribution is -0.123. The van der Waals surface area contributed by atoms with Gasteiger partial charge in [-0.3, -0.25) is 4.79 Å². The van der Waals surface area contributed by atoms with Crippen LogP contribution in [-0.4, -0.2) is 31.2 Å². The third kappa shape index (κ3) is 4.94. The van der Waals surface area contributed by atoms with Gasteiger partial charge in [0.2, 0.25) is 5.91 Å². The number of hydrogen-bond acceptors (Lipinski definition) is 3. The van der Waals surface area contributed by atoms with Gasteiger partial charge in [-0.2, -0.15) is 0 Å². The number of rotatable bonds is 7. The van der Waals surface area contributed by atoms with E-state index >= 15 is 0 Å². The molecule has 2 atom stereocenters. The van der Waals surface area contributed by atoms with Crippen LogP contribution in [0.5, 0.6) is 0 Å². The molecule has 0 spiro atoms. The molecule has 1 heterocycles. The van der Waals surface area contributed by atoms with E-state index in [-0.39, 0.29) is 18.1 Å². The Balaban J connectivity index is 2.19. The molecule has 1 amide bonds. The highest BCUT2D eigenvalue weighted by atomic mass is 16.5. The van der Waals surface area contributed by atoms with E-state index in [9.17, 15) is 4.79 Å². The molecule has 0 aromatic carbocycles. The van der Waals surface area contributed by atoms with Crippen LogP contribution in [0.15, 0.2) is 0 Å². The molecule has 1 aliphatic heterocycles. The van der Waals surface area contributed by atoms with E-state index in [2.05, 4.69) is 12.2 Å². The van der Waals surface area contributed by atoms with E-state index in [0.717, 1.165) is 38.7 Å². The average molecular weight is 228 g/mol. The van der Waals surface area contributed by atoms with Gasteiger partial charge in [-0.1, -0.05) is 19.8 Å². The number of amides is 1. The lowest BCUT2D eigenvalue weighted by atomic mass is 10.1. The van der Waals surface area contributed by atoms with Gasteiger partial charge in [0, 0.05) is 19.2 Å². The van der Waals surface area contributed by atoms with Gasteiger partial charge in [-0.15, -0.1) is 0 Å². The molecule has 0 saturated carbocycles. The summed E-state index contributed by atoms with van der Waals surface area (Å²) in [5, 5.41) is 2.98. The first-order chi connectivity index (χ1) is 7.76. The molecular formula is C12H24N2O2. The van der Waals surface area contributed by atoms with Crippen LogP contribution in [0.3, 0.4) is 0 Å². The van der Waals surface area contributed by atoms with Crippen LogP contribution in [0.1, 0.15) is 45.4 Å². The second-order valence-electron chi connectivity index (χ2n) is 4.48. The third-order valence-electron chi connectivity index (χ3n) is 2.99. The largest absolute Gasteiger partial charge is 0.378 e. The molecule has 0 aromatic rings. The average Bonchev–Trinajstić information content (AvgIpc) is 2.76. The van der Waals surface area contributed by atoms with Crippen LogP contribution >= 0.6 is 0 Å². The van der Waals surface area contributed by atoms with Crippen molar-refractivity contribution in [3.05, 3.63) is 0 Å².